The number of rotatable bonds is 7. The number of hydrogen-bond acceptors (Lipinski definition) is 4. The zero-order valence-electron chi connectivity index (χ0n) is 14.1. The highest BCUT2D eigenvalue weighted by Gasteiger charge is 2.15. The summed E-state index contributed by atoms with van der Waals surface area (Å²) in [6.07, 6.45) is 8.21. The maximum absolute atomic E-state index is 11.2. The van der Waals surface area contributed by atoms with Gasteiger partial charge in [-0.3, -0.25) is 9.79 Å². The molecule has 1 aliphatic rings. The number of aliphatic imine (C=N–C) groups is 1. The average Bonchev–Trinajstić information content (AvgIpc) is 2.54. The lowest BCUT2D eigenvalue weighted by Crippen LogP contribution is -2.37. The Morgan fingerprint density at radius 2 is 2.14 bits per heavy atom. The second kappa shape index (κ2) is 9.20. The molecule has 1 rings (SSSR count). The summed E-state index contributed by atoms with van der Waals surface area (Å²) in [5.41, 5.74) is 9.62. The SMILES string of the molecule is C/C=C1/C=C(NCNC(=O)CN)C(CC)=CC1=NC(C)CC. The van der Waals surface area contributed by atoms with E-state index in [1.54, 1.807) is 0 Å². The Hall–Kier alpha value is -1.88. The Balaban J connectivity index is 2.89. The van der Waals surface area contributed by atoms with Crippen LogP contribution in [0.15, 0.2) is 40.1 Å². The van der Waals surface area contributed by atoms with E-state index in [4.69, 9.17) is 10.7 Å². The summed E-state index contributed by atoms with van der Waals surface area (Å²) < 4.78 is 0. The monoisotopic (exact) mass is 304 g/mol. The van der Waals surface area contributed by atoms with Crippen molar-refractivity contribution in [1.82, 2.24) is 10.6 Å². The first-order chi connectivity index (χ1) is 10.5. The summed E-state index contributed by atoms with van der Waals surface area (Å²) in [7, 11) is 0. The van der Waals surface area contributed by atoms with Gasteiger partial charge in [0.05, 0.1) is 18.9 Å². The number of nitrogens with zero attached hydrogens (tertiary/aromatic N) is 1. The van der Waals surface area contributed by atoms with Crippen LogP contribution < -0.4 is 16.4 Å². The summed E-state index contributed by atoms with van der Waals surface area (Å²) in [6.45, 7) is 8.76. The van der Waals surface area contributed by atoms with Crippen LogP contribution in [0.1, 0.15) is 40.5 Å². The second-order valence-corrected chi connectivity index (χ2v) is 5.25. The Morgan fingerprint density at radius 3 is 2.68 bits per heavy atom. The van der Waals surface area contributed by atoms with Crippen molar-refractivity contribution in [3.63, 3.8) is 0 Å². The van der Waals surface area contributed by atoms with Gasteiger partial charge in [-0.1, -0.05) is 19.9 Å². The molecule has 0 aromatic carbocycles. The van der Waals surface area contributed by atoms with Crippen LogP contribution in [0.3, 0.4) is 0 Å². The molecule has 0 spiro atoms. The summed E-state index contributed by atoms with van der Waals surface area (Å²) in [5, 5.41) is 5.97. The van der Waals surface area contributed by atoms with Gasteiger partial charge in [-0.15, -0.1) is 0 Å². The van der Waals surface area contributed by atoms with Gasteiger partial charge in [0, 0.05) is 11.7 Å². The average molecular weight is 304 g/mol. The molecule has 122 valence electrons. The molecule has 5 nitrogen and oxygen atoms in total. The minimum Gasteiger partial charge on any atom is -0.368 e. The quantitative estimate of drug-likeness (QED) is 0.630. The van der Waals surface area contributed by atoms with E-state index >= 15 is 0 Å². The molecule has 0 aliphatic heterocycles. The maximum Gasteiger partial charge on any atom is 0.235 e. The topological polar surface area (TPSA) is 79.5 Å². The van der Waals surface area contributed by atoms with Crippen LogP contribution in [0.5, 0.6) is 0 Å². The number of nitrogens with one attached hydrogen (secondary N) is 2. The summed E-state index contributed by atoms with van der Waals surface area (Å²) in [5.74, 6) is -0.170. The zero-order valence-corrected chi connectivity index (χ0v) is 14.1. The number of hydrogen-bond donors (Lipinski definition) is 3. The second-order valence-electron chi connectivity index (χ2n) is 5.25. The van der Waals surface area contributed by atoms with E-state index in [1.807, 2.05) is 6.92 Å². The van der Waals surface area contributed by atoms with Crippen molar-refractivity contribution < 1.29 is 4.79 Å². The van der Waals surface area contributed by atoms with E-state index in [1.165, 1.54) is 5.57 Å². The molecular weight excluding hydrogens is 276 g/mol. The third-order valence-corrected chi connectivity index (χ3v) is 3.64. The molecule has 0 aromatic rings. The highest BCUT2D eigenvalue weighted by atomic mass is 16.1. The lowest BCUT2D eigenvalue weighted by molar-refractivity contribution is -0.119. The van der Waals surface area contributed by atoms with Gasteiger partial charge < -0.3 is 16.4 Å². The molecule has 22 heavy (non-hydrogen) atoms. The highest BCUT2D eigenvalue weighted by Crippen LogP contribution is 2.22. The van der Waals surface area contributed by atoms with Crippen LogP contribution in [-0.4, -0.2) is 30.9 Å². The third-order valence-electron chi connectivity index (χ3n) is 3.64. The predicted molar refractivity (Wildman–Crippen MR) is 92.6 cm³/mol. The van der Waals surface area contributed by atoms with Crippen LogP contribution in [0.2, 0.25) is 0 Å². The Kier molecular flexibility index (Phi) is 7.60. The number of allylic oxidation sites excluding steroid dienone is 5. The van der Waals surface area contributed by atoms with Gasteiger partial charge in [0.25, 0.3) is 0 Å². The maximum atomic E-state index is 11.2. The van der Waals surface area contributed by atoms with Gasteiger partial charge in [0.2, 0.25) is 5.91 Å². The molecule has 0 radical (unpaired) electrons. The molecule has 0 aromatic heterocycles. The Bertz CT molecular complexity index is 515. The summed E-state index contributed by atoms with van der Waals surface area (Å²) in [4.78, 5) is 16.0. The van der Waals surface area contributed by atoms with Crippen molar-refractivity contribution in [2.75, 3.05) is 13.2 Å². The molecule has 0 bridgehead atoms. The molecule has 0 fully saturated rings. The number of nitrogens with two attached hydrogens (primary N) is 1. The molecule has 5 heteroatoms. The first kappa shape index (κ1) is 18.2. The smallest absolute Gasteiger partial charge is 0.235 e. The molecular formula is C17H28N4O. The van der Waals surface area contributed by atoms with Crippen LogP contribution in [0, 0.1) is 0 Å². The number of carbonyl (C=O) groups excluding carboxylic acids is 1. The number of amides is 1. The van der Waals surface area contributed by atoms with E-state index in [9.17, 15) is 4.79 Å². The van der Waals surface area contributed by atoms with Crippen molar-refractivity contribution in [3.05, 3.63) is 35.1 Å². The summed E-state index contributed by atoms with van der Waals surface area (Å²) >= 11 is 0. The lowest BCUT2D eigenvalue weighted by atomic mass is 9.95. The fourth-order valence-electron chi connectivity index (χ4n) is 2.09. The molecule has 1 amide bonds. The van der Waals surface area contributed by atoms with Crippen LogP contribution in [-0.2, 0) is 4.79 Å². The molecule has 0 heterocycles. The van der Waals surface area contributed by atoms with Crippen LogP contribution in [0.25, 0.3) is 0 Å². The van der Waals surface area contributed by atoms with E-state index in [2.05, 4.69) is 49.6 Å². The van der Waals surface area contributed by atoms with E-state index in [0.717, 1.165) is 29.8 Å². The van der Waals surface area contributed by atoms with Crippen molar-refractivity contribution in [2.45, 2.75) is 46.6 Å². The van der Waals surface area contributed by atoms with Gasteiger partial charge in [0.1, 0.15) is 0 Å². The minimum absolute atomic E-state index is 0.00300. The van der Waals surface area contributed by atoms with Crippen LogP contribution in [0.4, 0.5) is 0 Å². The van der Waals surface area contributed by atoms with Crippen LogP contribution >= 0.6 is 0 Å². The minimum atomic E-state index is -0.170. The highest BCUT2D eigenvalue weighted by molar-refractivity contribution is 6.12. The van der Waals surface area contributed by atoms with Gasteiger partial charge in [-0.25, -0.2) is 0 Å². The van der Waals surface area contributed by atoms with Gasteiger partial charge >= 0.3 is 0 Å². The number of carbonyl (C=O) groups is 1. The predicted octanol–water partition coefficient (Wildman–Crippen LogP) is 2.03. The molecule has 0 saturated heterocycles. The van der Waals surface area contributed by atoms with Crippen molar-refractivity contribution >= 4 is 11.6 Å². The largest absolute Gasteiger partial charge is 0.368 e. The molecule has 1 atom stereocenters. The fourth-order valence-corrected chi connectivity index (χ4v) is 2.09. The lowest BCUT2D eigenvalue weighted by Gasteiger charge is -2.21. The summed E-state index contributed by atoms with van der Waals surface area (Å²) in [6, 6.07) is 0.311. The Labute approximate surface area is 133 Å². The van der Waals surface area contributed by atoms with Crippen molar-refractivity contribution in [2.24, 2.45) is 10.7 Å². The van der Waals surface area contributed by atoms with Crippen molar-refractivity contribution in [3.8, 4) is 0 Å². The first-order valence-electron chi connectivity index (χ1n) is 7.93. The fraction of sp³-hybridized carbons (Fsp3) is 0.529. The first-order valence-corrected chi connectivity index (χ1v) is 7.93. The van der Waals surface area contributed by atoms with Gasteiger partial charge in [-0.2, -0.15) is 0 Å². The molecule has 1 aliphatic carbocycles. The van der Waals surface area contributed by atoms with E-state index in [0.29, 0.717) is 12.7 Å². The standard InChI is InChI=1S/C17H28N4O/c1-5-12(4)21-16-9-13(6-2)15(8-14(16)7-3)19-11-20-17(22)10-18/h7-9,12,19H,5-6,10-11,18H2,1-4H3,(H,20,22)/b14-7-,21-16?. The van der Waals surface area contributed by atoms with Crippen molar-refractivity contribution in [1.29, 1.82) is 0 Å². The van der Waals surface area contributed by atoms with E-state index in [-0.39, 0.29) is 12.5 Å². The molecule has 0 saturated carbocycles. The third kappa shape index (κ3) is 5.15. The van der Waals surface area contributed by atoms with Gasteiger partial charge in [0.15, 0.2) is 0 Å². The molecule has 4 N–H and O–H groups in total. The Morgan fingerprint density at radius 1 is 1.41 bits per heavy atom. The normalized spacial score (nSPS) is 19.7. The van der Waals surface area contributed by atoms with Gasteiger partial charge in [-0.05, 0) is 50.0 Å². The van der Waals surface area contributed by atoms with E-state index < -0.39 is 0 Å². The molecule has 1 unspecified atom stereocenters. The zero-order chi connectivity index (χ0) is 16.5.